The molecule has 0 spiro atoms. The summed E-state index contributed by atoms with van der Waals surface area (Å²) < 4.78 is 1.10. The molecule has 0 amide bonds. The molecule has 0 bridgehead atoms. The highest BCUT2D eigenvalue weighted by Crippen LogP contribution is 2.29. The number of rotatable bonds is 0. The molecule has 68 valence electrons. The van der Waals surface area contributed by atoms with E-state index in [2.05, 4.69) is 43.8 Å². The van der Waals surface area contributed by atoms with Gasteiger partial charge < -0.3 is 5.32 Å². The maximum absolute atomic E-state index is 11.7. The number of alkyl halides is 1. The van der Waals surface area contributed by atoms with E-state index in [1.165, 1.54) is 0 Å². The van der Waals surface area contributed by atoms with Gasteiger partial charge in [0.05, 0.1) is 10.5 Å². The molecule has 1 aromatic carbocycles. The Bertz CT molecular complexity index is 367. The summed E-state index contributed by atoms with van der Waals surface area (Å²) in [7, 11) is 0. The van der Waals surface area contributed by atoms with Crippen LogP contribution in [0, 0.1) is 3.57 Å². The fourth-order valence-electron chi connectivity index (χ4n) is 1.36. The number of anilines is 1. The van der Waals surface area contributed by atoms with Gasteiger partial charge in [-0.25, -0.2) is 0 Å². The van der Waals surface area contributed by atoms with Crippen LogP contribution in [0.4, 0.5) is 5.69 Å². The lowest BCUT2D eigenvalue weighted by Gasteiger charge is -2.21. The highest BCUT2D eigenvalue weighted by atomic mass is 127. The second-order valence-electron chi connectivity index (χ2n) is 2.88. The molecule has 1 unspecified atom stereocenters. The van der Waals surface area contributed by atoms with Gasteiger partial charge in [-0.1, -0.05) is 22.0 Å². The topological polar surface area (TPSA) is 29.1 Å². The number of ketones is 1. The van der Waals surface area contributed by atoms with Crippen LogP contribution in [0.15, 0.2) is 18.2 Å². The van der Waals surface area contributed by atoms with E-state index in [-0.39, 0.29) is 10.6 Å². The van der Waals surface area contributed by atoms with Crippen LogP contribution < -0.4 is 5.32 Å². The smallest absolute Gasteiger partial charge is 0.180 e. The first kappa shape index (κ1) is 9.45. The lowest BCUT2D eigenvalue weighted by atomic mass is 10.0. The Balaban J connectivity index is 2.55. The van der Waals surface area contributed by atoms with Gasteiger partial charge >= 0.3 is 0 Å². The summed E-state index contributed by atoms with van der Waals surface area (Å²) in [5.74, 6) is 0.173. The zero-order valence-electron chi connectivity index (χ0n) is 6.68. The SMILES string of the molecule is O=C1c2cccc(I)c2NCC1Br. The van der Waals surface area contributed by atoms with Crippen molar-refractivity contribution in [3.8, 4) is 0 Å². The van der Waals surface area contributed by atoms with E-state index in [0.29, 0.717) is 6.54 Å². The number of hydrogen-bond acceptors (Lipinski definition) is 2. The highest BCUT2D eigenvalue weighted by molar-refractivity contribution is 14.1. The second-order valence-corrected chi connectivity index (χ2v) is 5.14. The molecule has 1 N–H and O–H groups in total. The van der Waals surface area contributed by atoms with E-state index in [1.807, 2.05) is 18.2 Å². The summed E-state index contributed by atoms with van der Waals surface area (Å²) in [6.07, 6.45) is 0. The van der Waals surface area contributed by atoms with E-state index in [4.69, 9.17) is 0 Å². The average Bonchev–Trinajstić information content (AvgIpc) is 2.12. The first-order chi connectivity index (χ1) is 6.20. The minimum Gasteiger partial charge on any atom is -0.382 e. The van der Waals surface area contributed by atoms with Crippen molar-refractivity contribution in [3.63, 3.8) is 0 Å². The number of fused-ring (bicyclic) bond motifs is 1. The molecular formula is C9H7BrINO. The van der Waals surface area contributed by atoms with Crippen LogP contribution in [-0.4, -0.2) is 17.2 Å². The number of carbonyl (C=O) groups excluding carboxylic acids is 1. The van der Waals surface area contributed by atoms with E-state index in [9.17, 15) is 4.79 Å². The van der Waals surface area contributed by atoms with Gasteiger partial charge in [-0.15, -0.1) is 0 Å². The molecule has 0 aliphatic carbocycles. The van der Waals surface area contributed by atoms with Gasteiger partial charge in [0.25, 0.3) is 0 Å². The molecule has 4 heteroatoms. The minimum atomic E-state index is -0.0850. The number of carbonyl (C=O) groups is 1. The molecule has 2 rings (SSSR count). The van der Waals surface area contributed by atoms with Gasteiger partial charge in [-0.3, -0.25) is 4.79 Å². The number of halogens is 2. The van der Waals surface area contributed by atoms with Crippen molar-refractivity contribution in [1.82, 2.24) is 0 Å². The normalized spacial score (nSPS) is 20.8. The van der Waals surface area contributed by atoms with Crippen molar-refractivity contribution in [2.75, 3.05) is 11.9 Å². The number of benzene rings is 1. The molecule has 1 atom stereocenters. The quantitative estimate of drug-likeness (QED) is 0.575. The van der Waals surface area contributed by atoms with Crippen molar-refractivity contribution in [2.45, 2.75) is 4.83 Å². The zero-order valence-corrected chi connectivity index (χ0v) is 10.4. The fraction of sp³-hybridized carbons (Fsp3) is 0.222. The molecule has 1 aliphatic heterocycles. The van der Waals surface area contributed by atoms with Crippen LogP contribution >= 0.6 is 38.5 Å². The van der Waals surface area contributed by atoms with Crippen LogP contribution in [0.2, 0.25) is 0 Å². The summed E-state index contributed by atoms with van der Waals surface area (Å²) in [5.41, 5.74) is 1.77. The number of Topliss-reactive ketones (excluding diaryl/α,β-unsaturated/α-hetero) is 1. The summed E-state index contributed by atoms with van der Waals surface area (Å²) in [4.78, 5) is 11.6. The Labute approximate surface area is 98.4 Å². The van der Waals surface area contributed by atoms with Crippen molar-refractivity contribution in [3.05, 3.63) is 27.3 Å². The molecule has 1 aromatic rings. The van der Waals surface area contributed by atoms with E-state index < -0.39 is 0 Å². The number of hydrogen-bond donors (Lipinski definition) is 1. The van der Waals surface area contributed by atoms with E-state index in [1.54, 1.807) is 0 Å². The van der Waals surface area contributed by atoms with Crippen LogP contribution in [0.3, 0.4) is 0 Å². The largest absolute Gasteiger partial charge is 0.382 e. The molecule has 1 aliphatic rings. The average molecular weight is 352 g/mol. The Hall–Kier alpha value is -0.100. The predicted molar refractivity (Wildman–Crippen MR) is 64.7 cm³/mol. The summed E-state index contributed by atoms with van der Waals surface area (Å²) in [5, 5.41) is 3.24. The summed E-state index contributed by atoms with van der Waals surface area (Å²) in [6, 6.07) is 5.76. The molecule has 2 nitrogen and oxygen atoms in total. The van der Waals surface area contributed by atoms with Gasteiger partial charge in [-0.05, 0) is 34.7 Å². The third-order valence-electron chi connectivity index (χ3n) is 2.02. The Morgan fingerprint density at radius 3 is 3.08 bits per heavy atom. The third kappa shape index (κ3) is 1.61. The first-order valence-electron chi connectivity index (χ1n) is 3.91. The van der Waals surface area contributed by atoms with Crippen molar-refractivity contribution < 1.29 is 4.79 Å². The van der Waals surface area contributed by atoms with Crippen molar-refractivity contribution in [2.24, 2.45) is 0 Å². The standard InChI is InChI=1S/C9H7BrINO/c10-6-4-12-8-5(9(6)13)2-1-3-7(8)11/h1-3,6,12H,4H2. The Kier molecular flexibility index (Phi) is 2.60. The third-order valence-corrected chi connectivity index (χ3v) is 3.66. The van der Waals surface area contributed by atoms with Gasteiger partial charge in [0.1, 0.15) is 0 Å². The van der Waals surface area contributed by atoms with Crippen molar-refractivity contribution in [1.29, 1.82) is 0 Å². The van der Waals surface area contributed by atoms with Gasteiger partial charge in [0.15, 0.2) is 5.78 Å². The molecule has 0 radical (unpaired) electrons. The van der Waals surface area contributed by atoms with Gasteiger partial charge in [0, 0.05) is 15.7 Å². The van der Waals surface area contributed by atoms with E-state index in [0.717, 1.165) is 14.8 Å². The highest BCUT2D eigenvalue weighted by Gasteiger charge is 2.25. The molecule has 0 aromatic heterocycles. The summed E-state index contributed by atoms with van der Waals surface area (Å²) in [6.45, 7) is 0.672. The summed E-state index contributed by atoms with van der Waals surface area (Å²) >= 11 is 5.56. The zero-order chi connectivity index (χ0) is 9.42. The molecule has 0 saturated heterocycles. The van der Waals surface area contributed by atoms with E-state index >= 15 is 0 Å². The Morgan fingerprint density at radius 2 is 2.31 bits per heavy atom. The Morgan fingerprint density at radius 1 is 1.54 bits per heavy atom. The second kappa shape index (κ2) is 3.57. The monoisotopic (exact) mass is 351 g/mol. The molecular weight excluding hydrogens is 345 g/mol. The number of para-hydroxylation sites is 1. The van der Waals surface area contributed by atoms with Gasteiger partial charge in [0.2, 0.25) is 0 Å². The van der Waals surface area contributed by atoms with Gasteiger partial charge in [-0.2, -0.15) is 0 Å². The first-order valence-corrected chi connectivity index (χ1v) is 5.90. The van der Waals surface area contributed by atoms with Crippen LogP contribution in [0.5, 0.6) is 0 Å². The molecule has 13 heavy (non-hydrogen) atoms. The maximum atomic E-state index is 11.7. The van der Waals surface area contributed by atoms with Crippen LogP contribution in [0.25, 0.3) is 0 Å². The lowest BCUT2D eigenvalue weighted by Crippen LogP contribution is -2.30. The molecule has 1 heterocycles. The van der Waals surface area contributed by atoms with Crippen molar-refractivity contribution >= 4 is 50.0 Å². The lowest BCUT2D eigenvalue weighted by molar-refractivity contribution is 0.0992. The minimum absolute atomic E-state index is 0.0850. The number of nitrogens with one attached hydrogen (secondary N) is 1. The fourth-order valence-corrected chi connectivity index (χ4v) is 2.46. The molecule has 0 fully saturated rings. The molecule has 0 saturated carbocycles. The maximum Gasteiger partial charge on any atom is 0.180 e. The predicted octanol–water partition coefficient (Wildman–Crippen LogP) is 2.66. The van der Waals surface area contributed by atoms with Crippen LogP contribution in [0.1, 0.15) is 10.4 Å². The van der Waals surface area contributed by atoms with Crippen LogP contribution in [-0.2, 0) is 0 Å².